The van der Waals surface area contributed by atoms with Gasteiger partial charge in [0.1, 0.15) is 18.1 Å². The van der Waals surface area contributed by atoms with Gasteiger partial charge in [-0.2, -0.15) is 0 Å². The molecular weight excluding hydrogens is 383 g/mol. The largest absolute Gasteiger partial charge is 0.467 e. The molecule has 0 spiro atoms. The van der Waals surface area contributed by atoms with E-state index in [4.69, 9.17) is 4.42 Å². The first kappa shape index (κ1) is 18.5. The summed E-state index contributed by atoms with van der Waals surface area (Å²) in [4.78, 5) is 16.5. The third-order valence-corrected chi connectivity index (χ3v) is 5.48. The number of rotatable bonds is 6. The van der Waals surface area contributed by atoms with Crippen LogP contribution < -0.4 is 4.90 Å². The van der Waals surface area contributed by atoms with Crippen LogP contribution >= 0.6 is 11.8 Å². The van der Waals surface area contributed by atoms with Crippen LogP contribution in [0, 0.1) is 5.82 Å². The minimum absolute atomic E-state index is 0.0521. The SMILES string of the molecule is O=C(CSc1nnnn1Cc1ccco1)N1CCN(c2ccc(F)cc2)CC1. The highest BCUT2D eigenvalue weighted by molar-refractivity contribution is 7.99. The van der Waals surface area contributed by atoms with Crippen LogP contribution in [0.4, 0.5) is 10.1 Å². The number of aromatic nitrogens is 4. The third-order valence-electron chi connectivity index (χ3n) is 4.53. The molecule has 1 aliphatic rings. The summed E-state index contributed by atoms with van der Waals surface area (Å²) in [6.45, 7) is 3.13. The number of tetrazole rings is 1. The zero-order valence-corrected chi connectivity index (χ0v) is 15.9. The average Bonchev–Trinajstić information content (AvgIpc) is 3.39. The Labute approximate surface area is 165 Å². The molecule has 1 fully saturated rings. The fourth-order valence-electron chi connectivity index (χ4n) is 3.03. The number of amides is 1. The van der Waals surface area contributed by atoms with Crippen LogP contribution in [0.5, 0.6) is 0 Å². The van der Waals surface area contributed by atoms with Crippen LogP contribution in [-0.4, -0.2) is 62.9 Å². The lowest BCUT2D eigenvalue weighted by molar-refractivity contribution is -0.128. The molecule has 1 aliphatic heterocycles. The number of halogens is 1. The molecule has 0 radical (unpaired) electrons. The number of carbonyl (C=O) groups excluding carboxylic acids is 1. The molecule has 1 amide bonds. The molecule has 0 saturated carbocycles. The molecule has 3 aromatic rings. The van der Waals surface area contributed by atoms with Crippen molar-refractivity contribution in [1.82, 2.24) is 25.1 Å². The van der Waals surface area contributed by atoms with Gasteiger partial charge in [0, 0.05) is 31.9 Å². The van der Waals surface area contributed by atoms with Crippen molar-refractivity contribution in [1.29, 1.82) is 0 Å². The van der Waals surface area contributed by atoms with E-state index in [-0.39, 0.29) is 17.5 Å². The number of anilines is 1. The molecule has 28 heavy (non-hydrogen) atoms. The Hall–Kier alpha value is -2.88. The molecule has 10 heteroatoms. The van der Waals surface area contributed by atoms with Gasteiger partial charge in [0.2, 0.25) is 11.1 Å². The summed E-state index contributed by atoms with van der Waals surface area (Å²) in [5, 5.41) is 12.2. The predicted molar refractivity (Wildman–Crippen MR) is 102 cm³/mol. The molecule has 3 heterocycles. The van der Waals surface area contributed by atoms with Crippen LogP contribution in [0.25, 0.3) is 0 Å². The van der Waals surface area contributed by atoms with Gasteiger partial charge in [-0.15, -0.1) is 5.10 Å². The quantitative estimate of drug-likeness (QED) is 0.583. The number of hydrogen-bond acceptors (Lipinski definition) is 7. The number of furan rings is 1. The second-order valence-electron chi connectivity index (χ2n) is 6.33. The monoisotopic (exact) mass is 402 g/mol. The third kappa shape index (κ3) is 4.33. The van der Waals surface area contributed by atoms with E-state index < -0.39 is 0 Å². The smallest absolute Gasteiger partial charge is 0.233 e. The summed E-state index contributed by atoms with van der Waals surface area (Å²) in [6.07, 6.45) is 1.60. The van der Waals surface area contributed by atoms with Crippen molar-refractivity contribution in [3.05, 3.63) is 54.2 Å². The maximum Gasteiger partial charge on any atom is 0.233 e. The highest BCUT2D eigenvalue weighted by atomic mass is 32.2. The molecule has 0 N–H and O–H groups in total. The summed E-state index contributed by atoms with van der Waals surface area (Å²) < 4.78 is 20.0. The van der Waals surface area contributed by atoms with E-state index >= 15 is 0 Å². The predicted octanol–water partition coefficient (Wildman–Crippen LogP) is 1.89. The van der Waals surface area contributed by atoms with Crippen LogP contribution in [0.1, 0.15) is 5.76 Å². The highest BCUT2D eigenvalue weighted by Gasteiger charge is 2.22. The van der Waals surface area contributed by atoms with E-state index in [0.29, 0.717) is 24.8 Å². The number of nitrogens with zero attached hydrogens (tertiary/aromatic N) is 6. The van der Waals surface area contributed by atoms with Gasteiger partial charge in [-0.3, -0.25) is 4.79 Å². The molecule has 0 aliphatic carbocycles. The van der Waals surface area contributed by atoms with Crippen molar-refractivity contribution < 1.29 is 13.6 Å². The fourth-order valence-corrected chi connectivity index (χ4v) is 3.81. The van der Waals surface area contributed by atoms with Gasteiger partial charge in [0.25, 0.3) is 0 Å². The van der Waals surface area contributed by atoms with Crippen molar-refractivity contribution in [2.75, 3.05) is 36.8 Å². The zero-order valence-electron chi connectivity index (χ0n) is 15.1. The Morgan fingerprint density at radius 3 is 2.64 bits per heavy atom. The summed E-state index contributed by atoms with van der Waals surface area (Å²) in [5.74, 6) is 0.826. The molecule has 0 atom stereocenters. The van der Waals surface area contributed by atoms with Gasteiger partial charge >= 0.3 is 0 Å². The van der Waals surface area contributed by atoms with E-state index in [1.807, 2.05) is 17.0 Å². The molecule has 0 unspecified atom stereocenters. The van der Waals surface area contributed by atoms with Gasteiger partial charge in [-0.05, 0) is 46.8 Å². The van der Waals surface area contributed by atoms with Gasteiger partial charge in [0.05, 0.1) is 12.0 Å². The summed E-state index contributed by atoms with van der Waals surface area (Å²) in [5.41, 5.74) is 0.972. The maximum atomic E-state index is 13.1. The van der Waals surface area contributed by atoms with E-state index in [2.05, 4.69) is 20.4 Å². The Morgan fingerprint density at radius 1 is 1.14 bits per heavy atom. The molecule has 8 nitrogen and oxygen atoms in total. The molecule has 2 aromatic heterocycles. The van der Waals surface area contributed by atoms with Crippen molar-refractivity contribution in [2.24, 2.45) is 0 Å². The summed E-state index contributed by atoms with van der Waals surface area (Å²) in [7, 11) is 0. The number of hydrogen-bond donors (Lipinski definition) is 0. The Morgan fingerprint density at radius 2 is 1.93 bits per heavy atom. The van der Waals surface area contributed by atoms with Crippen molar-refractivity contribution in [3.63, 3.8) is 0 Å². The first-order valence-electron chi connectivity index (χ1n) is 8.89. The lowest BCUT2D eigenvalue weighted by Gasteiger charge is -2.36. The first-order chi connectivity index (χ1) is 13.7. The minimum atomic E-state index is -0.246. The topological polar surface area (TPSA) is 80.3 Å². The zero-order chi connectivity index (χ0) is 19.3. The number of carbonyl (C=O) groups is 1. The average molecular weight is 402 g/mol. The van der Waals surface area contributed by atoms with Gasteiger partial charge in [0.15, 0.2) is 0 Å². The van der Waals surface area contributed by atoms with Crippen molar-refractivity contribution in [3.8, 4) is 0 Å². The first-order valence-corrected chi connectivity index (χ1v) is 9.87. The van der Waals surface area contributed by atoms with Crippen LogP contribution in [-0.2, 0) is 11.3 Å². The lowest BCUT2D eigenvalue weighted by atomic mass is 10.2. The Balaban J connectivity index is 1.27. The minimum Gasteiger partial charge on any atom is -0.467 e. The van der Waals surface area contributed by atoms with Crippen molar-refractivity contribution >= 4 is 23.4 Å². The molecular formula is C18H19FN6O2S. The van der Waals surface area contributed by atoms with Gasteiger partial charge < -0.3 is 14.2 Å². The highest BCUT2D eigenvalue weighted by Crippen LogP contribution is 2.19. The second kappa shape index (κ2) is 8.42. The van der Waals surface area contributed by atoms with Gasteiger partial charge in [-0.1, -0.05) is 11.8 Å². The Bertz CT molecular complexity index is 907. The molecule has 1 aromatic carbocycles. The molecule has 146 valence electrons. The number of piperazine rings is 1. The maximum absolute atomic E-state index is 13.1. The number of thioether (sulfide) groups is 1. The lowest BCUT2D eigenvalue weighted by Crippen LogP contribution is -2.49. The summed E-state index contributed by atoms with van der Waals surface area (Å²) >= 11 is 1.31. The van der Waals surface area contributed by atoms with Gasteiger partial charge in [-0.25, -0.2) is 9.07 Å². The van der Waals surface area contributed by atoms with E-state index in [9.17, 15) is 9.18 Å². The summed E-state index contributed by atoms with van der Waals surface area (Å²) in [6, 6.07) is 10.1. The van der Waals surface area contributed by atoms with Crippen LogP contribution in [0.15, 0.2) is 52.2 Å². The van der Waals surface area contributed by atoms with Crippen molar-refractivity contribution in [2.45, 2.75) is 11.7 Å². The second-order valence-corrected chi connectivity index (χ2v) is 7.27. The molecule has 0 bridgehead atoms. The van der Waals surface area contributed by atoms with E-state index in [1.54, 1.807) is 23.1 Å². The normalized spacial score (nSPS) is 14.5. The standard InChI is InChI=1S/C18H19FN6O2S/c19-14-3-5-15(6-4-14)23-7-9-24(10-8-23)17(26)13-28-18-20-21-22-25(18)12-16-2-1-11-27-16/h1-6,11H,7-10,12-13H2. The van der Waals surface area contributed by atoms with Crippen LogP contribution in [0.2, 0.25) is 0 Å². The Kier molecular flexibility index (Phi) is 5.56. The molecule has 4 rings (SSSR count). The number of benzene rings is 1. The van der Waals surface area contributed by atoms with Crippen LogP contribution in [0.3, 0.4) is 0 Å². The van der Waals surface area contributed by atoms with E-state index in [1.165, 1.54) is 23.9 Å². The molecule has 1 saturated heterocycles. The van der Waals surface area contributed by atoms with E-state index in [0.717, 1.165) is 24.5 Å². The fraction of sp³-hybridized carbons (Fsp3) is 0.333.